The third-order valence-electron chi connectivity index (χ3n) is 6.24. The Kier molecular flexibility index (Phi) is 7.78. The van der Waals surface area contributed by atoms with Gasteiger partial charge in [-0.05, 0) is 55.5 Å². The van der Waals surface area contributed by atoms with Crippen LogP contribution in [0.4, 0.5) is 13.2 Å². The topological polar surface area (TPSA) is 115 Å². The molecule has 0 N–H and O–H groups in total. The van der Waals surface area contributed by atoms with Crippen molar-refractivity contribution in [2.75, 3.05) is 6.61 Å². The zero-order chi connectivity index (χ0) is 29.3. The molecule has 1 atom stereocenters. The average molecular weight is 588 g/mol. The molecule has 0 aliphatic heterocycles. The fourth-order valence-electron chi connectivity index (χ4n) is 4.41. The number of hydrogen-bond donors (Lipinski definition) is 0. The van der Waals surface area contributed by atoms with Crippen molar-refractivity contribution in [3.63, 3.8) is 0 Å². The van der Waals surface area contributed by atoms with Crippen molar-refractivity contribution in [3.05, 3.63) is 83.2 Å². The molecule has 41 heavy (non-hydrogen) atoms. The van der Waals surface area contributed by atoms with Gasteiger partial charge in [0.15, 0.2) is 12.0 Å². The number of ether oxygens (including phenoxy) is 1. The second-order valence-electron chi connectivity index (χ2n) is 10.1. The Hall–Kier alpha value is -4.30. The zero-order valence-electron chi connectivity index (χ0n) is 22.2. The highest BCUT2D eigenvalue weighted by molar-refractivity contribution is 6.31. The predicted molar refractivity (Wildman–Crippen MR) is 142 cm³/mol. The molecule has 0 radical (unpaired) electrons. The van der Waals surface area contributed by atoms with Gasteiger partial charge in [0.05, 0.1) is 39.3 Å². The molecular formula is C26H25ClF3N9O2. The molecule has 5 rings (SSSR count). The quantitative estimate of drug-likeness (QED) is 0.176. The van der Waals surface area contributed by atoms with E-state index >= 15 is 4.39 Å². The van der Waals surface area contributed by atoms with E-state index in [1.165, 1.54) is 46.4 Å². The van der Waals surface area contributed by atoms with E-state index in [0.717, 1.165) is 0 Å². The molecule has 4 aromatic heterocycles. The van der Waals surface area contributed by atoms with Gasteiger partial charge in [-0.2, -0.15) is 28.4 Å². The number of rotatable bonds is 9. The van der Waals surface area contributed by atoms with E-state index < -0.39 is 24.0 Å². The molecule has 214 valence electrons. The minimum atomic E-state index is -2.83. The van der Waals surface area contributed by atoms with Crippen molar-refractivity contribution in [2.45, 2.75) is 45.4 Å². The van der Waals surface area contributed by atoms with Gasteiger partial charge in [0.1, 0.15) is 12.4 Å². The maximum atomic E-state index is 15.3. The Bertz CT molecular complexity index is 1650. The number of benzene rings is 1. The van der Waals surface area contributed by atoms with Crippen molar-refractivity contribution in [1.82, 2.24) is 39.8 Å². The summed E-state index contributed by atoms with van der Waals surface area (Å²) < 4.78 is 52.0. The van der Waals surface area contributed by atoms with Crippen molar-refractivity contribution >= 4 is 11.6 Å². The number of pyridine rings is 1. The van der Waals surface area contributed by atoms with Crippen molar-refractivity contribution in [2.24, 2.45) is 0 Å². The summed E-state index contributed by atoms with van der Waals surface area (Å²) in [5, 5.41) is 32.4. The van der Waals surface area contributed by atoms with E-state index in [2.05, 4.69) is 25.7 Å². The maximum Gasteiger partial charge on any atom is 0.333 e. The lowest BCUT2D eigenvalue weighted by Crippen LogP contribution is -2.36. The number of alkyl halides is 2. The van der Waals surface area contributed by atoms with Crippen LogP contribution in [-0.4, -0.2) is 52.0 Å². The number of tetrazole rings is 1. The summed E-state index contributed by atoms with van der Waals surface area (Å²) in [6, 6.07) is 6.86. The van der Waals surface area contributed by atoms with E-state index in [-0.39, 0.29) is 39.8 Å². The third-order valence-corrected chi connectivity index (χ3v) is 6.53. The van der Waals surface area contributed by atoms with Crippen molar-refractivity contribution in [1.29, 1.82) is 0 Å². The highest BCUT2D eigenvalue weighted by Crippen LogP contribution is 2.34. The summed E-state index contributed by atoms with van der Waals surface area (Å²) in [6.45, 7) is 3.16. The minimum absolute atomic E-state index is 0.0372. The molecule has 0 spiro atoms. The smallest absolute Gasteiger partial charge is 0.333 e. The van der Waals surface area contributed by atoms with Gasteiger partial charge >= 0.3 is 6.55 Å². The SMILES string of the molecule is CC(C)(C)OCC[C@H](c1ccc(-c2c(-n3cnnn3)ccc(Cl)c2F)c[n+]1[O-])n1cc(-c2ccnn2C(F)F)cn1. The van der Waals surface area contributed by atoms with Crippen LogP contribution >= 0.6 is 11.6 Å². The summed E-state index contributed by atoms with van der Waals surface area (Å²) in [4.78, 5) is 0. The molecule has 0 aliphatic carbocycles. The number of halogens is 4. The molecule has 4 heterocycles. The van der Waals surface area contributed by atoms with Crippen LogP contribution in [0.25, 0.3) is 28.1 Å². The Morgan fingerprint density at radius 2 is 1.90 bits per heavy atom. The normalized spacial score (nSPS) is 12.8. The Morgan fingerprint density at radius 1 is 1.10 bits per heavy atom. The summed E-state index contributed by atoms with van der Waals surface area (Å²) in [5.41, 5.74) is 0.967. The number of hydrogen-bond acceptors (Lipinski definition) is 7. The first-order chi connectivity index (χ1) is 19.5. The summed E-state index contributed by atoms with van der Waals surface area (Å²) in [6.07, 6.45) is 7.12. The molecule has 15 heteroatoms. The molecule has 0 amide bonds. The molecule has 0 fully saturated rings. The van der Waals surface area contributed by atoms with Gasteiger partial charge in [-0.3, -0.25) is 4.68 Å². The standard InChI is InChI=1S/C26H25ClF3N9O2/c1-26(2,3)41-11-9-20(36-13-17(12-33-36)19-8-10-32-39(19)25(29)30)21-6-4-16(14-38(21)40)23-22(37-15-31-34-35-37)7-5-18(27)24(23)28/h4-8,10,12-15,20,25H,9,11H2,1-3H3/t20-/m1/s1. The van der Waals surface area contributed by atoms with Crippen LogP contribution in [0.3, 0.4) is 0 Å². The molecule has 11 nitrogen and oxygen atoms in total. The average Bonchev–Trinajstić information content (AvgIpc) is 3.69. The number of nitrogens with zero attached hydrogens (tertiary/aromatic N) is 9. The van der Waals surface area contributed by atoms with Gasteiger partial charge in [-0.1, -0.05) is 11.6 Å². The van der Waals surface area contributed by atoms with Crippen molar-refractivity contribution < 1.29 is 22.6 Å². The molecular weight excluding hydrogens is 563 g/mol. The zero-order valence-corrected chi connectivity index (χ0v) is 23.0. The van der Waals surface area contributed by atoms with Crippen LogP contribution in [0.1, 0.15) is 45.5 Å². The highest BCUT2D eigenvalue weighted by Gasteiger charge is 2.27. The molecule has 0 bridgehead atoms. The summed E-state index contributed by atoms with van der Waals surface area (Å²) >= 11 is 6.07. The van der Waals surface area contributed by atoms with Crippen molar-refractivity contribution in [3.8, 4) is 28.1 Å². The van der Waals surface area contributed by atoms with Gasteiger partial charge < -0.3 is 9.94 Å². The number of aromatic nitrogens is 9. The monoisotopic (exact) mass is 587 g/mol. The van der Waals surface area contributed by atoms with Gasteiger partial charge in [0, 0.05) is 37.1 Å². The van der Waals surface area contributed by atoms with Crippen LogP contribution in [0.5, 0.6) is 0 Å². The molecule has 0 saturated heterocycles. The fourth-order valence-corrected chi connectivity index (χ4v) is 4.57. The Labute approximate surface area is 237 Å². The molecule has 0 unspecified atom stereocenters. The summed E-state index contributed by atoms with van der Waals surface area (Å²) in [5.74, 6) is -0.741. The van der Waals surface area contributed by atoms with Gasteiger partial charge in [-0.15, -0.1) is 5.10 Å². The lowest BCUT2D eigenvalue weighted by molar-refractivity contribution is -0.615. The van der Waals surface area contributed by atoms with Gasteiger partial charge in [0.2, 0.25) is 5.69 Å². The maximum absolute atomic E-state index is 15.3. The molecule has 5 aromatic rings. The van der Waals surface area contributed by atoms with Crippen LogP contribution in [0, 0.1) is 11.0 Å². The van der Waals surface area contributed by atoms with E-state index in [1.54, 1.807) is 24.4 Å². The van der Waals surface area contributed by atoms with Crippen LogP contribution in [-0.2, 0) is 4.74 Å². The van der Waals surface area contributed by atoms with Gasteiger partial charge in [-0.25, -0.2) is 9.07 Å². The fraction of sp³-hybridized carbons (Fsp3) is 0.308. The van der Waals surface area contributed by atoms with Crippen LogP contribution in [0.2, 0.25) is 5.02 Å². The Morgan fingerprint density at radius 3 is 2.59 bits per heavy atom. The van der Waals surface area contributed by atoms with Crippen LogP contribution < -0.4 is 4.73 Å². The second-order valence-corrected chi connectivity index (χ2v) is 10.5. The first-order valence-electron chi connectivity index (χ1n) is 12.5. The van der Waals surface area contributed by atoms with E-state index in [4.69, 9.17) is 16.3 Å². The first kappa shape index (κ1) is 28.2. The molecule has 0 aliphatic rings. The van der Waals surface area contributed by atoms with Crippen LogP contribution in [0.15, 0.2) is 61.4 Å². The van der Waals surface area contributed by atoms with E-state index in [1.807, 2.05) is 20.8 Å². The van der Waals surface area contributed by atoms with E-state index in [9.17, 15) is 14.0 Å². The highest BCUT2D eigenvalue weighted by atomic mass is 35.5. The second kappa shape index (κ2) is 11.3. The van der Waals surface area contributed by atoms with Gasteiger partial charge in [0.25, 0.3) is 0 Å². The van der Waals surface area contributed by atoms with E-state index in [0.29, 0.717) is 21.4 Å². The largest absolute Gasteiger partial charge is 0.618 e. The predicted octanol–water partition coefficient (Wildman–Crippen LogP) is 5.00. The minimum Gasteiger partial charge on any atom is -0.618 e. The summed E-state index contributed by atoms with van der Waals surface area (Å²) in [7, 11) is 0. The lowest BCUT2D eigenvalue weighted by atomic mass is 10.0. The lowest BCUT2D eigenvalue weighted by Gasteiger charge is -2.22. The Balaban J connectivity index is 1.55. The first-order valence-corrected chi connectivity index (χ1v) is 12.9. The molecule has 1 aromatic carbocycles. The third kappa shape index (κ3) is 5.93. The molecule has 0 saturated carbocycles.